The highest BCUT2D eigenvalue weighted by atomic mass is 16.2. The molecule has 1 aromatic heterocycles. The zero-order valence-electron chi connectivity index (χ0n) is 12.2. The van der Waals surface area contributed by atoms with E-state index in [0.717, 1.165) is 43.3 Å². The van der Waals surface area contributed by atoms with E-state index in [2.05, 4.69) is 39.8 Å². The van der Waals surface area contributed by atoms with Crippen molar-refractivity contribution >= 4 is 17.7 Å². The van der Waals surface area contributed by atoms with Gasteiger partial charge in [0.15, 0.2) is 0 Å². The predicted molar refractivity (Wildman–Crippen MR) is 80.9 cm³/mol. The predicted octanol–water partition coefficient (Wildman–Crippen LogP) is 1.33. The number of hydrogen-bond donors (Lipinski definition) is 4. The monoisotopic (exact) mass is 280 g/mol. The molecule has 112 valence electrons. The summed E-state index contributed by atoms with van der Waals surface area (Å²) in [7, 11) is 0. The molecule has 20 heavy (non-hydrogen) atoms. The number of carbonyl (C=O) groups is 1. The zero-order valence-corrected chi connectivity index (χ0v) is 12.2. The zero-order chi connectivity index (χ0) is 14.8. The second-order valence-electron chi connectivity index (χ2n) is 4.45. The van der Waals surface area contributed by atoms with Crippen LogP contribution in [-0.2, 0) is 6.42 Å². The van der Waals surface area contributed by atoms with Crippen molar-refractivity contribution in [2.75, 3.05) is 30.3 Å². The highest BCUT2D eigenvalue weighted by molar-refractivity contribution is 5.71. The molecule has 0 aromatic carbocycles. The Morgan fingerprint density at radius 3 is 2.30 bits per heavy atom. The number of amides is 2. The van der Waals surface area contributed by atoms with Crippen molar-refractivity contribution in [2.24, 2.45) is 5.73 Å². The summed E-state index contributed by atoms with van der Waals surface area (Å²) in [6, 6.07) is 1.35. The molecular weight excluding hydrogens is 256 g/mol. The average Bonchev–Trinajstić information content (AvgIpc) is 2.41. The molecule has 0 aliphatic heterocycles. The van der Waals surface area contributed by atoms with E-state index in [9.17, 15) is 4.79 Å². The van der Waals surface area contributed by atoms with Crippen molar-refractivity contribution in [1.82, 2.24) is 15.3 Å². The van der Waals surface area contributed by atoms with Crippen LogP contribution in [0, 0.1) is 0 Å². The van der Waals surface area contributed by atoms with Gasteiger partial charge in [0.05, 0.1) is 0 Å². The van der Waals surface area contributed by atoms with Crippen LogP contribution in [0.15, 0.2) is 6.07 Å². The minimum absolute atomic E-state index is 0.459. The lowest BCUT2D eigenvalue weighted by Gasteiger charge is -2.11. The van der Waals surface area contributed by atoms with Crippen LogP contribution in [0.4, 0.5) is 16.4 Å². The number of aryl methyl sites for hydroxylation is 1. The number of anilines is 2. The molecule has 0 aliphatic rings. The fourth-order valence-corrected chi connectivity index (χ4v) is 1.64. The number of nitrogens with two attached hydrogens (primary N) is 1. The SMILES string of the molecule is CCCNc1cc(NCCNC(N)=O)nc(CCC)n1. The van der Waals surface area contributed by atoms with E-state index in [1.807, 2.05) is 6.07 Å². The van der Waals surface area contributed by atoms with E-state index < -0.39 is 6.03 Å². The smallest absolute Gasteiger partial charge is 0.312 e. The molecule has 7 nitrogen and oxygen atoms in total. The van der Waals surface area contributed by atoms with Crippen LogP contribution in [0.1, 0.15) is 32.5 Å². The molecule has 1 heterocycles. The normalized spacial score (nSPS) is 10.1. The summed E-state index contributed by atoms with van der Waals surface area (Å²) < 4.78 is 0. The summed E-state index contributed by atoms with van der Waals surface area (Å²) in [4.78, 5) is 19.5. The summed E-state index contributed by atoms with van der Waals surface area (Å²) >= 11 is 0. The fraction of sp³-hybridized carbons (Fsp3) is 0.615. The Hall–Kier alpha value is -2.05. The molecule has 1 aromatic rings. The molecule has 0 atom stereocenters. The van der Waals surface area contributed by atoms with Crippen LogP contribution in [0.3, 0.4) is 0 Å². The molecule has 2 amide bonds. The maximum atomic E-state index is 10.6. The number of rotatable bonds is 9. The first-order chi connectivity index (χ1) is 9.65. The summed E-state index contributed by atoms with van der Waals surface area (Å²) in [6.07, 6.45) is 2.88. The number of urea groups is 1. The third kappa shape index (κ3) is 6.21. The minimum atomic E-state index is -0.522. The van der Waals surface area contributed by atoms with E-state index in [1.165, 1.54) is 0 Å². The number of carbonyl (C=O) groups excluding carboxylic acids is 1. The van der Waals surface area contributed by atoms with Gasteiger partial charge in [-0.15, -0.1) is 0 Å². The number of hydrogen-bond acceptors (Lipinski definition) is 5. The molecular formula is C13H24N6O. The van der Waals surface area contributed by atoms with E-state index in [-0.39, 0.29) is 0 Å². The van der Waals surface area contributed by atoms with Gasteiger partial charge in [0.25, 0.3) is 0 Å². The fourth-order valence-electron chi connectivity index (χ4n) is 1.64. The van der Waals surface area contributed by atoms with Crippen LogP contribution in [-0.4, -0.2) is 35.6 Å². The van der Waals surface area contributed by atoms with Crippen LogP contribution in [0.2, 0.25) is 0 Å². The first-order valence-electron chi connectivity index (χ1n) is 7.04. The van der Waals surface area contributed by atoms with Gasteiger partial charge in [-0.05, 0) is 12.8 Å². The molecule has 5 N–H and O–H groups in total. The molecule has 0 unspecified atom stereocenters. The lowest BCUT2D eigenvalue weighted by Crippen LogP contribution is -2.33. The highest BCUT2D eigenvalue weighted by Gasteiger charge is 2.04. The maximum absolute atomic E-state index is 10.6. The molecule has 0 saturated heterocycles. The van der Waals surface area contributed by atoms with Crippen molar-refractivity contribution < 1.29 is 4.79 Å². The first-order valence-corrected chi connectivity index (χ1v) is 7.04. The number of primary amides is 1. The Kier molecular flexibility index (Phi) is 7.16. The van der Waals surface area contributed by atoms with Gasteiger partial charge < -0.3 is 21.7 Å². The van der Waals surface area contributed by atoms with Crippen molar-refractivity contribution in [3.05, 3.63) is 11.9 Å². The highest BCUT2D eigenvalue weighted by Crippen LogP contribution is 2.12. The van der Waals surface area contributed by atoms with Gasteiger partial charge in [0.1, 0.15) is 17.5 Å². The summed E-state index contributed by atoms with van der Waals surface area (Å²) in [5.41, 5.74) is 5.00. The summed E-state index contributed by atoms with van der Waals surface area (Å²) in [5, 5.41) is 8.94. The lowest BCUT2D eigenvalue weighted by molar-refractivity contribution is 0.249. The van der Waals surface area contributed by atoms with Gasteiger partial charge in [-0.1, -0.05) is 13.8 Å². The summed E-state index contributed by atoms with van der Waals surface area (Å²) in [6.45, 7) is 6.11. The topological polar surface area (TPSA) is 105 Å². The van der Waals surface area contributed by atoms with Crippen molar-refractivity contribution in [3.8, 4) is 0 Å². The molecule has 0 fully saturated rings. The summed E-state index contributed by atoms with van der Waals surface area (Å²) in [5.74, 6) is 2.41. The van der Waals surface area contributed by atoms with Crippen molar-refractivity contribution in [3.63, 3.8) is 0 Å². The Morgan fingerprint density at radius 2 is 1.75 bits per heavy atom. The Labute approximate surface area is 119 Å². The third-order valence-electron chi connectivity index (χ3n) is 2.53. The Balaban J connectivity index is 2.62. The minimum Gasteiger partial charge on any atom is -0.370 e. The number of aromatic nitrogens is 2. The van der Waals surface area contributed by atoms with Crippen LogP contribution < -0.4 is 21.7 Å². The molecule has 7 heteroatoms. The quantitative estimate of drug-likeness (QED) is 0.511. The van der Waals surface area contributed by atoms with Gasteiger partial charge >= 0.3 is 6.03 Å². The number of nitrogens with one attached hydrogen (secondary N) is 3. The van der Waals surface area contributed by atoms with E-state index >= 15 is 0 Å². The molecule has 1 rings (SSSR count). The number of nitrogens with zero attached hydrogens (tertiary/aromatic N) is 2. The van der Waals surface area contributed by atoms with Crippen molar-refractivity contribution in [1.29, 1.82) is 0 Å². The van der Waals surface area contributed by atoms with Gasteiger partial charge in [0, 0.05) is 32.1 Å². The standard InChI is InChI=1S/C13H24N6O/c1-3-5-10-18-11(15-6-4-2)9-12(19-10)16-7-8-17-13(14)20/h9H,3-8H2,1-2H3,(H3,14,17,20)(H2,15,16,18,19). The van der Waals surface area contributed by atoms with Gasteiger partial charge in [-0.3, -0.25) is 0 Å². The Bertz CT molecular complexity index is 423. The van der Waals surface area contributed by atoms with Crippen LogP contribution >= 0.6 is 0 Å². The molecule has 0 spiro atoms. The van der Waals surface area contributed by atoms with Crippen LogP contribution in [0.5, 0.6) is 0 Å². The molecule has 0 radical (unpaired) electrons. The van der Waals surface area contributed by atoms with E-state index in [1.54, 1.807) is 0 Å². The Morgan fingerprint density at radius 1 is 1.10 bits per heavy atom. The van der Waals surface area contributed by atoms with Gasteiger partial charge in [-0.2, -0.15) is 0 Å². The second kappa shape index (κ2) is 8.95. The first kappa shape index (κ1) is 16.0. The molecule has 0 bridgehead atoms. The molecule has 0 saturated carbocycles. The van der Waals surface area contributed by atoms with Crippen LogP contribution in [0.25, 0.3) is 0 Å². The lowest BCUT2D eigenvalue weighted by atomic mass is 10.3. The van der Waals surface area contributed by atoms with Crippen molar-refractivity contribution in [2.45, 2.75) is 33.1 Å². The van der Waals surface area contributed by atoms with E-state index in [0.29, 0.717) is 13.1 Å². The van der Waals surface area contributed by atoms with E-state index in [4.69, 9.17) is 5.73 Å². The largest absolute Gasteiger partial charge is 0.370 e. The third-order valence-corrected chi connectivity index (χ3v) is 2.53. The van der Waals surface area contributed by atoms with Gasteiger partial charge in [-0.25, -0.2) is 14.8 Å². The second-order valence-corrected chi connectivity index (χ2v) is 4.45. The maximum Gasteiger partial charge on any atom is 0.312 e. The molecule has 0 aliphatic carbocycles. The average molecular weight is 280 g/mol. The van der Waals surface area contributed by atoms with Gasteiger partial charge in [0.2, 0.25) is 0 Å².